The molecule has 1 saturated heterocycles. The molecule has 1 aliphatic heterocycles. The van der Waals surface area contributed by atoms with Crippen LogP contribution in [-0.2, 0) is 4.74 Å². The molecule has 0 radical (unpaired) electrons. The van der Waals surface area contributed by atoms with Gasteiger partial charge < -0.3 is 20.5 Å². The number of carbonyl (C=O) groups excluding carboxylic acids is 1. The van der Waals surface area contributed by atoms with E-state index < -0.39 is 12.0 Å². The van der Waals surface area contributed by atoms with Gasteiger partial charge in [-0.05, 0) is 38.0 Å². The first-order chi connectivity index (χ1) is 9.95. The van der Waals surface area contributed by atoms with E-state index in [0.29, 0.717) is 11.1 Å². The summed E-state index contributed by atoms with van der Waals surface area (Å²) in [6.45, 7) is 2.58. The Morgan fingerprint density at radius 3 is 2.86 bits per heavy atom. The standard InChI is InChI=1S/C14H17BrN2O4/c1-8-6-10(4-5-21-8)16-14(20)17-12-7-9(15)2-3-11(12)13(18)19/h2-3,7-8,10H,4-6H2,1H3,(H,18,19)(H2,16,17,20). The quantitative estimate of drug-likeness (QED) is 0.776. The third kappa shape index (κ3) is 4.44. The summed E-state index contributed by atoms with van der Waals surface area (Å²) in [4.78, 5) is 23.1. The lowest BCUT2D eigenvalue weighted by molar-refractivity contribution is 0.0157. The third-order valence-electron chi connectivity index (χ3n) is 3.28. The number of rotatable bonds is 3. The van der Waals surface area contributed by atoms with Gasteiger partial charge in [0.1, 0.15) is 0 Å². The van der Waals surface area contributed by atoms with E-state index in [-0.39, 0.29) is 23.4 Å². The van der Waals surface area contributed by atoms with Crippen LogP contribution in [0.25, 0.3) is 0 Å². The molecular formula is C14H17BrN2O4. The van der Waals surface area contributed by atoms with Crippen LogP contribution < -0.4 is 10.6 Å². The van der Waals surface area contributed by atoms with Gasteiger partial charge >= 0.3 is 12.0 Å². The van der Waals surface area contributed by atoms with E-state index in [9.17, 15) is 9.59 Å². The molecule has 2 atom stereocenters. The first-order valence-corrected chi connectivity index (χ1v) is 7.47. The molecule has 2 rings (SSSR count). The Bertz CT molecular complexity index is 550. The van der Waals surface area contributed by atoms with Crippen molar-refractivity contribution in [2.24, 2.45) is 0 Å². The summed E-state index contributed by atoms with van der Waals surface area (Å²) < 4.78 is 6.12. The van der Waals surface area contributed by atoms with E-state index in [2.05, 4.69) is 26.6 Å². The number of hydrogen-bond donors (Lipinski definition) is 3. The van der Waals surface area contributed by atoms with Crippen molar-refractivity contribution in [3.8, 4) is 0 Å². The zero-order valence-electron chi connectivity index (χ0n) is 11.6. The average molecular weight is 357 g/mol. The van der Waals surface area contributed by atoms with Gasteiger partial charge in [0.25, 0.3) is 0 Å². The van der Waals surface area contributed by atoms with Gasteiger partial charge in [0, 0.05) is 17.1 Å². The zero-order valence-corrected chi connectivity index (χ0v) is 13.1. The van der Waals surface area contributed by atoms with Crippen LogP contribution >= 0.6 is 15.9 Å². The Morgan fingerprint density at radius 1 is 1.43 bits per heavy atom. The Balaban J connectivity index is 2.02. The van der Waals surface area contributed by atoms with Crippen LogP contribution in [-0.4, -0.2) is 35.9 Å². The number of anilines is 1. The fourth-order valence-corrected chi connectivity index (χ4v) is 2.64. The van der Waals surface area contributed by atoms with Gasteiger partial charge in [0.2, 0.25) is 0 Å². The second-order valence-corrected chi connectivity index (χ2v) is 5.91. The van der Waals surface area contributed by atoms with Crippen LogP contribution in [0, 0.1) is 0 Å². The molecule has 0 spiro atoms. The molecule has 1 heterocycles. The van der Waals surface area contributed by atoms with Crippen molar-refractivity contribution >= 4 is 33.6 Å². The predicted octanol–water partition coefficient (Wildman–Crippen LogP) is 2.84. The van der Waals surface area contributed by atoms with E-state index in [1.807, 2.05) is 6.92 Å². The van der Waals surface area contributed by atoms with Crippen molar-refractivity contribution in [1.82, 2.24) is 5.32 Å². The molecule has 114 valence electrons. The minimum Gasteiger partial charge on any atom is -0.478 e. The van der Waals surface area contributed by atoms with Crippen molar-refractivity contribution in [3.05, 3.63) is 28.2 Å². The molecule has 0 aromatic heterocycles. The molecule has 0 bridgehead atoms. The Labute approximate surface area is 131 Å². The number of ether oxygens (including phenoxy) is 1. The fourth-order valence-electron chi connectivity index (χ4n) is 2.28. The summed E-state index contributed by atoms with van der Waals surface area (Å²) in [7, 11) is 0. The predicted molar refractivity (Wildman–Crippen MR) is 81.7 cm³/mol. The summed E-state index contributed by atoms with van der Waals surface area (Å²) in [5, 5.41) is 14.6. The van der Waals surface area contributed by atoms with Crippen LogP contribution in [0.5, 0.6) is 0 Å². The maximum Gasteiger partial charge on any atom is 0.337 e. The van der Waals surface area contributed by atoms with E-state index in [1.54, 1.807) is 12.1 Å². The lowest BCUT2D eigenvalue weighted by Crippen LogP contribution is -2.43. The smallest absolute Gasteiger partial charge is 0.337 e. The highest BCUT2D eigenvalue weighted by Crippen LogP contribution is 2.22. The fraction of sp³-hybridized carbons (Fsp3) is 0.429. The molecule has 1 aromatic carbocycles. The number of aromatic carboxylic acids is 1. The molecule has 1 aromatic rings. The summed E-state index contributed by atoms with van der Waals surface area (Å²) in [6.07, 6.45) is 1.62. The van der Waals surface area contributed by atoms with Crippen LogP contribution in [0.1, 0.15) is 30.1 Å². The largest absolute Gasteiger partial charge is 0.478 e. The number of halogens is 1. The number of nitrogens with one attached hydrogen (secondary N) is 2. The van der Waals surface area contributed by atoms with E-state index in [4.69, 9.17) is 9.84 Å². The average Bonchev–Trinajstić information content (AvgIpc) is 2.38. The molecule has 6 nitrogen and oxygen atoms in total. The number of hydrogen-bond acceptors (Lipinski definition) is 3. The SMILES string of the molecule is CC1CC(NC(=O)Nc2cc(Br)ccc2C(=O)O)CCO1. The van der Waals surface area contributed by atoms with Gasteiger partial charge in [-0.15, -0.1) is 0 Å². The monoisotopic (exact) mass is 356 g/mol. The number of carboxylic acids is 1. The highest BCUT2D eigenvalue weighted by atomic mass is 79.9. The van der Waals surface area contributed by atoms with E-state index in [1.165, 1.54) is 6.07 Å². The number of urea groups is 1. The Morgan fingerprint density at radius 2 is 2.19 bits per heavy atom. The molecule has 21 heavy (non-hydrogen) atoms. The first kappa shape index (κ1) is 15.8. The number of benzene rings is 1. The van der Waals surface area contributed by atoms with Crippen LogP contribution in [0.3, 0.4) is 0 Å². The normalized spacial score (nSPS) is 21.6. The van der Waals surface area contributed by atoms with Crippen LogP contribution in [0.4, 0.5) is 10.5 Å². The molecule has 3 N–H and O–H groups in total. The minimum absolute atomic E-state index is 0.0363. The maximum absolute atomic E-state index is 12.0. The van der Waals surface area contributed by atoms with Crippen molar-refractivity contribution in [1.29, 1.82) is 0 Å². The van der Waals surface area contributed by atoms with Crippen molar-refractivity contribution in [2.75, 3.05) is 11.9 Å². The molecule has 1 fully saturated rings. The van der Waals surface area contributed by atoms with Gasteiger partial charge in [-0.3, -0.25) is 0 Å². The van der Waals surface area contributed by atoms with Gasteiger partial charge in [0.15, 0.2) is 0 Å². The van der Waals surface area contributed by atoms with Gasteiger partial charge in [-0.25, -0.2) is 9.59 Å². The number of carboxylic acid groups (broad SMARTS) is 1. The molecular weight excluding hydrogens is 340 g/mol. The highest BCUT2D eigenvalue weighted by Gasteiger charge is 2.21. The molecule has 2 amide bonds. The number of amides is 2. The highest BCUT2D eigenvalue weighted by molar-refractivity contribution is 9.10. The van der Waals surface area contributed by atoms with Gasteiger partial charge in [0.05, 0.1) is 17.4 Å². The van der Waals surface area contributed by atoms with Crippen molar-refractivity contribution in [3.63, 3.8) is 0 Å². The second kappa shape index (κ2) is 6.91. The Hall–Kier alpha value is -1.60. The minimum atomic E-state index is -1.09. The maximum atomic E-state index is 12.0. The van der Waals surface area contributed by atoms with Crippen molar-refractivity contribution in [2.45, 2.75) is 31.9 Å². The summed E-state index contributed by atoms with van der Waals surface area (Å²) in [5.74, 6) is -1.09. The van der Waals surface area contributed by atoms with E-state index in [0.717, 1.165) is 12.8 Å². The van der Waals surface area contributed by atoms with Crippen molar-refractivity contribution < 1.29 is 19.4 Å². The van der Waals surface area contributed by atoms with E-state index >= 15 is 0 Å². The Kier molecular flexibility index (Phi) is 5.19. The molecule has 1 aliphatic rings. The second-order valence-electron chi connectivity index (χ2n) is 5.00. The molecule has 7 heteroatoms. The summed E-state index contributed by atoms with van der Waals surface area (Å²) in [5.41, 5.74) is 0.308. The molecule has 2 unspecified atom stereocenters. The van der Waals surface area contributed by atoms with Crippen LogP contribution in [0.15, 0.2) is 22.7 Å². The zero-order chi connectivity index (χ0) is 15.4. The summed E-state index contributed by atoms with van der Waals surface area (Å²) >= 11 is 3.26. The number of carbonyl (C=O) groups is 2. The molecule has 0 saturated carbocycles. The topological polar surface area (TPSA) is 87.7 Å². The summed E-state index contributed by atoms with van der Waals surface area (Å²) in [6, 6.07) is 4.25. The first-order valence-electron chi connectivity index (χ1n) is 6.67. The van der Waals surface area contributed by atoms with Gasteiger partial charge in [-0.1, -0.05) is 15.9 Å². The molecule has 0 aliphatic carbocycles. The lowest BCUT2D eigenvalue weighted by atomic mass is 10.0. The van der Waals surface area contributed by atoms with Gasteiger partial charge in [-0.2, -0.15) is 0 Å². The lowest BCUT2D eigenvalue weighted by Gasteiger charge is -2.28. The third-order valence-corrected chi connectivity index (χ3v) is 3.77. The van der Waals surface area contributed by atoms with Crippen LogP contribution in [0.2, 0.25) is 0 Å².